The molecule has 5 heteroatoms. The lowest BCUT2D eigenvalue weighted by molar-refractivity contribution is -0.136. The van der Waals surface area contributed by atoms with Crippen LogP contribution in [0.5, 0.6) is 0 Å². The van der Waals surface area contributed by atoms with Crippen molar-refractivity contribution < 1.29 is 9.90 Å². The van der Waals surface area contributed by atoms with Gasteiger partial charge in [-0.1, -0.05) is 18.7 Å². The first-order valence-electron chi connectivity index (χ1n) is 4.43. The minimum atomic E-state index is -0.855. The van der Waals surface area contributed by atoms with E-state index in [0.717, 1.165) is 11.8 Å². The van der Waals surface area contributed by atoms with Crippen LogP contribution in [-0.2, 0) is 4.79 Å². The van der Waals surface area contributed by atoms with Crippen molar-refractivity contribution in [1.29, 1.82) is 5.26 Å². The van der Waals surface area contributed by atoms with Crippen molar-refractivity contribution in [2.45, 2.75) is 23.6 Å². The molecule has 1 aromatic heterocycles. The van der Waals surface area contributed by atoms with Crippen LogP contribution in [0, 0.1) is 11.3 Å². The molecular formula is C10H10N2O2S. The second-order valence-electron chi connectivity index (χ2n) is 2.85. The van der Waals surface area contributed by atoms with Gasteiger partial charge in [0.2, 0.25) is 0 Å². The molecule has 1 N–H and O–H groups in total. The molecule has 15 heavy (non-hydrogen) atoms. The van der Waals surface area contributed by atoms with Crippen LogP contribution in [0.3, 0.4) is 0 Å². The Morgan fingerprint density at radius 3 is 3.07 bits per heavy atom. The van der Waals surface area contributed by atoms with E-state index in [2.05, 4.69) is 4.98 Å². The third-order valence-electron chi connectivity index (χ3n) is 1.77. The molecule has 0 spiro atoms. The van der Waals surface area contributed by atoms with Crippen molar-refractivity contribution in [2.75, 3.05) is 0 Å². The molecule has 4 nitrogen and oxygen atoms in total. The van der Waals surface area contributed by atoms with Gasteiger partial charge < -0.3 is 5.11 Å². The van der Waals surface area contributed by atoms with Gasteiger partial charge in [-0.05, 0) is 18.6 Å². The first kappa shape index (κ1) is 11.5. The standard InChI is InChI=1S/C10H10N2O2S/c1-2-8(10(13)14)15-9-5-7(6-11)3-4-12-9/h3-5,8H,2H2,1H3,(H,13,14). The summed E-state index contributed by atoms with van der Waals surface area (Å²) in [6.45, 7) is 1.81. The highest BCUT2D eigenvalue weighted by atomic mass is 32.2. The summed E-state index contributed by atoms with van der Waals surface area (Å²) >= 11 is 1.16. The molecule has 1 heterocycles. The second kappa shape index (κ2) is 5.37. The normalized spacial score (nSPS) is 11.7. The Hall–Kier alpha value is -1.54. The molecule has 1 aromatic rings. The monoisotopic (exact) mass is 222 g/mol. The van der Waals surface area contributed by atoms with Crippen LogP contribution < -0.4 is 0 Å². The van der Waals surface area contributed by atoms with Gasteiger partial charge in [-0.25, -0.2) is 4.98 Å². The Bertz CT molecular complexity index is 401. The summed E-state index contributed by atoms with van der Waals surface area (Å²) < 4.78 is 0. The number of pyridine rings is 1. The van der Waals surface area contributed by atoms with Gasteiger partial charge >= 0.3 is 5.97 Å². The number of carbonyl (C=O) groups is 1. The molecule has 78 valence electrons. The number of carboxylic acids is 1. The number of nitriles is 1. The Morgan fingerprint density at radius 2 is 2.53 bits per heavy atom. The molecule has 0 fully saturated rings. The molecule has 0 radical (unpaired) electrons. The lowest BCUT2D eigenvalue weighted by Gasteiger charge is -2.07. The molecule has 1 atom stereocenters. The van der Waals surface area contributed by atoms with Crippen molar-refractivity contribution >= 4 is 17.7 Å². The summed E-state index contributed by atoms with van der Waals surface area (Å²) in [6.07, 6.45) is 2.04. The van der Waals surface area contributed by atoms with Crippen molar-refractivity contribution in [3.8, 4) is 6.07 Å². The van der Waals surface area contributed by atoms with E-state index in [1.54, 1.807) is 19.1 Å². The van der Waals surface area contributed by atoms with Crippen molar-refractivity contribution in [2.24, 2.45) is 0 Å². The Morgan fingerprint density at radius 1 is 1.80 bits per heavy atom. The van der Waals surface area contributed by atoms with Crippen LogP contribution in [-0.4, -0.2) is 21.3 Å². The third-order valence-corrected chi connectivity index (χ3v) is 3.06. The molecule has 1 rings (SSSR count). The Balaban J connectivity index is 2.80. The van der Waals surface area contributed by atoms with E-state index in [1.807, 2.05) is 6.07 Å². The minimum absolute atomic E-state index is 0.493. The quantitative estimate of drug-likeness (QED) is 0.787. The van der Waals surface area contributed by atoms with E-state index in [4.69, 9.17) is 10.4 Å². The van der Waals surface area contributed by atoms with Gasteiger partial charge in [-0.2, -0.15) is 5.26 Å². The summed E-state index contributed by atoms with van der Waals surface area (Å²) in [5.41, 5.74) is 0.493. The SMILES string of the molecule is CCC(Sc1cc(C#N)ccn1)C(=O)O. The summed E-state index contributed by atoms with van der Waals surface area (Å²) in [6, 6.07) is 5.17. The number of nitrogens with zero attached hydrogens (tertiary/aromatic N) is 2. The molecule has 0 saturated carbocycles. The van der Waals surface area contributed by atoms with Crippen LogP contribution in [0.4, 0.5) is 0 Å². The number of rotatable bonds is 4. The molecule has 0 amide bonds. The molecule has 1 unspecified atom stereocenters. The zero-order chi connectivity index (χ0) is 11.3. The van der Waals surface area contributed by atoms with Gasteiger partial charge in [0.1, 0.15) is 5.25 Å². The average molecular weight is 222 g/mol. The van der Waals surface area contributed by atoms with Gasteiger partial charge in [-0.15, -0.1) is 0 Å². The Kier molecular flexibility index (Phi) is 4.13. The van der Waals surface area contributed by atoms with E-state index in [0.29, 0.717) is 17.0 Å². The molecule has 0 saturated heterocycles. The van der Waals surface area contributed by atoms with Gasteiger partial charge in [-0.3, -0.25) is 4.79 Å². The average Bonchev–Trinajstić information content (AvgIpc) is 2.25. The van der Waals surface area contributed by atoms with Gasteiger partial charge in [0.15, 0.2) is 0 Å². The van der Waals surface area contributed by atoms with Crippen LogP contribution in [0.15, 0.2) is 23.4 Å². The highest BCUT2D eigenvalue weighted by Crippen LogP contribution is 2.23. The van der Waals surface area contributed by atoms with E-state index >= 15 is 0 Å². The number of carboxylic acid groups (broad SMARTS) is 1. The first-order chi connectivity index (χ1) is 7.17. The fourth-order valence-electron chi connectivity index (χ4n) is 0.998. The van der Waals surface area contributed by atoms with Crippen molar-refractivity contribution in [1.82, 2.24) is 4.98 Å². The minimum Gasteiger partial charge on any atom is -0.480 e. The molecule has 0 bridgehead atoms. The number of aromatic nitrogens is 1. The number of aliphatic carboxylic acids is 1. The highest BCUT2D eigenvalue weighted by molar-refractivity contribution is 8.00. The zero-order valence-electron chi connectivity index (χ0n) is 8.17. The lowest BCUT2D eigenvalue weighted by Crippen LogP contribution is -2.14. The van der Waals surface area contributed by atoms with Crippen molar-refractivity contribution in [3.63, 3.8) is 0 Å². The van der Waals surface area contributed by atoms with Gasteiger partial charge in [0.25, 0.3) is 0 Å². The number of hydrogen-bond donors (Lipinski definition) is 1. The number of thioether (sulfide) groups is 1. The zero-order valence-corrected chi connectivity index (χ0v) is 8.99. The maximum Gasteiger partial charge on any atom is 0.317 e. The summed E-state index contributed by atoms with van der Waals surface area (Å²) in [5, 5.41) is 17.6. The largest absolute Gasteiger partial charge is 0.480 e. The lowest BCUT2D eigenvalue weighted by atomic mass is 10.3. The topological polar surface area (TPSA) is 74.0 Å². The summed E-state index contributed by atoms with van der Waals surface area (Å²) in [4.78, 5) is 14.8. The molecule has 0 aromatic carbocycles. The van der Waals surface area contributed by atoms with E-state index < -0.39 is 11.2 Å². The summed E-state index contributed by atoms with van der Waals surface area (Å²) in [5.74, 6) is -0.855. The smallest absolute Gasteiger partial charge is 0.317 e. The van der Waals surface area contributed by atoms with E-state index in [-0.39, 0.29) is 0 Å². The van der Waals surface area contributed by atoms with Gasteiger partial charge in [0, 0.05) is 6.20 Å². The number of hydrogen-bond acceptors (Lipinski definition) is 4. The highest BCUT2D eigenvalue weighted by Gasteiger charge is 2.17. The predicted octanol–water partition coefficient (Wildman–Crippen LogP) is 1.91. The Labute approximate surface area is 91.9 Å². The predicted molar refractivity (Wildman–Crippen MR) is 56.5 cm³/mol. The van der Waals surface area contributed by atoms with Crippen LogP contribution in [0.1, 0.15) is 18.9 Å². The molecule has 0 aliphatic carbocycles. The summed E-state index contributed by atoms with van der Waals surface area (Å²) in [7, 11) is 0. The van der Waals surface area contributed by atoms with E-state index in [1.165, 1.54) is 6.20 Å². The first-order valence-corrected chi connectivity index (χ1v) is 5.31. The van der Waals surface area contributed by atoms with Crippen LogP contribution >= 0.6 is 11.8 Å². The third kappa shape index (κ3) is 3.26. The maximum absolute atomic E-state index is 10.8. The second-order valence-corrected chi connectivity index (χ2v) is 4.07. The van der Waals surface area contributed by atoms with Crippen LogP contribution in [0.25, 0.3) is 0 Å². The van der Waals surface area contributed by atoms with Crippen molar-refractivity contribution in [3.05, 3.63) is 23.9 Å². The van der Waals surface area contributed by atoms with E-state index in [9.17, 15) is 4.79 Å². The molecule has 0 aliphatic rings. The fraction of sp³-hybridized carbons (Fsp3) is 0.300. The molecule has 0 aliphatic heterocycles. The molecular weight excluding hydrogens is 212 g/mol. The maximum atomic E-state index is 10.8. The van der Waals surface area contributed by atoms with Crippen LogP contribution in [0.2, 0.25) is 0 Å². The fourth-order valence-corrected chi connectivity index (χ4v) is 1.87. The van der Waals surface area contributed by atoms with Gasteiger partial charge in [0.05, 0.1) is 16.7 Å².